The molecule has 0 bridgehead atoms. The van der Waals surface area contributed by atoms with Gasteiger partial charge in [0, 0.05) is 39.8 Å². The molecule has 1 amide bonds. The first kappa shape index (κ1) is 30.2. The van der Waals surface area contributed by atoms with Crippen LogP contribution in [-0.2, 0) is 51.8 Å². The zero-order valence-corrected chi connectivity index (χ0v) is 23.5. The van der Waals surface area contributed by atoms with Gasteiger partial charge in [0.15, 0.2) is 23.2 Å². The lowest BCUT2D eigenvalue weighted by Gasteiger charge is -2.44. The molecule has 1 aliphatic rings. The van der Waals surface area contributed by atoms with E-state index in [2.05, 4.69) is 15.5 Å². The summed E-state index contributed by atoms with van der Waals surface area (Å²) in [4.78, 5) is 47.6. The highest BCUT2D eigenvalue weighted by molar-refractivity contribution is 7.99. The maximum atomic E-state index is 12.1. The van der Waals surface area contributed by atoms with Crippen LogP contribution < -0.4 is 10.1 Å². The lowest BCUT2D eigenvalue weighted by molar-refractivity contribution is -0.211. The highest BCUT2D eigenvalue weighted by atomic mass is 35.5. The van der Waals surface area contributed by atoms with Crippen LogP contribution in [-0.4, -0.2) is 75.0 Å². The number of nitrogens with one attached hydrogen (secondary N) is 1. The number of hydrogen-bond donors (Lipinski definition) is 1. The fourth-order valence-corrected chi connectivity index (χ4v) is 5.00. The molecule has 1 N–H and O–H groups in total. The van der Waals surface area contributed by atoms with Crippen LogP contribution in [0.25, 0.3) is 0 Å². The first-order chi connectivity index (χ1) is 18.4. The molecule has 0 radical (unpaired) electrons. The predicted octanol–water partition coefficient (Wildman–Crippen LogP) is 1.80. The minimum absolute atomic E-state index is 0.103. The number of ether oxygens (including phenoxy) is 5. The third kappa shape index (κ3) is 8.57. The molecule has 2 heterocycles. The number of nitrogens with zero attached hydrogens (tertiary/aromatic N) is 3. The van der Waals surface area contributed by atoms with Gasteiger partial charge in [-0.3, -0.25) is 19.2 Å². The van der Waals surface area contributed by atoms with Gasteiger partial charge in [0.1, 0.15) is 36.5 Å². The minimum Gasteiger partial charge on any atom is -0.486 e. The van der Waals surface area contributed by atoms with E-state index < -0.39 is 53.6 Å². The van der Waals surface area contributed by atoms with Crippen molar-refractivity contribution < 1.29 is 42.9 Å². The fourth-order valence-electron chi connectivity index (χ4n) is 3.75. The number of benzene rings is 1. The molecule has 212 valence electrons. The number of hydrogen-bond acceptors (Lipinski definition) is 12. The summed E-state index contributed by atoms with van der Waals surface area (Å²) in [6, 6.07) is 5.87. The summed E-state index contributed by atoms with van der Waals surface area (Å²) < 4.78 is 29.6. The molecular formula is C24H29ClN4O9S. The Bertz CT molecular complexity index is 1190. The van der Waals surface area contributed by atoms with Gasteiger partial charge in [-0.05, 0) is 24.3 Å². The van der Waals surface area contributed by atoms with Gasteiger partial charge < -0.3 is 33.6 Å². The summed E-state index contributed by atoms with van der Waals surface area (Å²) in [5.41, 5.74) is -0.918. The van der Waals surface area contributed by atoms with Crippen LogP contribution in [0.2, 0.25) is 5.02 Å². The van der Waals surface area contributed by atoms with E-state index in [0.717, 1.165) is 11.8 Å². The molecule has 0 saturated carbocycles. The third-order valence-electron chi connectivity index (χ3n) is 5.40. The van der Waals surface area contributed by atoms with Gasteiger partial charge in [-0.25, -0.2) is 0 Å². The summed E-state index contributed by atoms with van der Waals surface area (Å²) in [5, 5.41) is 12.1. The molecule has 1 saturated heterocycles. The number of esters is 3. The Morgan fingerprint density at radius 1 is 1.00 bits per heavy atom. The van der Waals surface area contributed by atoms with E-state index in [0.29, 0.717) is 21.8 Å². The van der Waals surface area contributed by atoms with Crippen molar-refractivity contribution in [3.8, 4) is 5.75 Å². The van der Waals surface area contributed by atoms with Gasteiger partial charge in [0.25, 0.3) is 0 Å². The second kappa shape index (κ2) is 13.6. The van der Waals surface area contributed by atoms with Crippen molar-refractivity contribution >= 4 is 47.2 Å². The van der Waals surface area contributed by atoms with E-state index in [4.69, 9.17) is 35.3 Å². The van der Waals surface area contributed by atoms with E-state index in [-0.39, 0.29) is 13.2 Å². The van der Waals surface area contributed by atoms with Crippen molar-refractivity contribution in [2.45, 2.75) is 69.2 Å². The summed E-state index contributed by atoms with van der Waals surface area (Å²) >= 11 is 6.99. The molecule has 0 spiro atoms. The van der Waals surface area contributed by atoms with Crippen molar-refractivity contribution in [2.24, 2.45) is 7.05 Å². The van der Waals surface area contributed by atoms with Crippen molar-refractivity contribution in [3.05, 3.63) is 35.1 Å². The van der Waals surface area contributed by atoms with E-state index in [1.165, 1.54) is 27.7 Å². The first-order valence-electron chi connectivity index (χ1n) is 11.8. The third-order valence-corrected chi connectivity index (χ3v) is 6.85. The van der Waals surface area contributed by atoms with Crippen LogP contribution in [0, 0.1) is 0 Å². The number of aromatic nitrogens is 3. The molecule has 39 heavy (non-hydrogen) atoms. The maximum absolute atomic E-state index is 12.1. The molecule has 1 aromatic heterocycles. The quantitative estimate of drug-likeness (QED) is 0.319. The van der Waals surface area contributed by atoms with E-state index >= 15 is 0 Å². The molecule has 3 rings (SSSR count). The smallest absolute Gasteiger partial charge is 0.303 e. The van der Waals surface area contributed by atoms with Crippen LogP contribution >= 0.6 is 23.4 Å². The van der Waals surface area contributed by atoms with Crippen LogP contribution in [0.3, 0.4) is 0 Å². The molecule has 1 aromatic carbocycles. The van der Waals surface area contributed by atoms with Crippen molar-refractivity contribution in [3.63, 3.8) is 0 Å². The van der Waals surface area contributed by atoms with Gasteiger partial charge in [-0.1, -0.05) is 23.4 Å². The zero-order chi connectivity index (χ0) is 28.7. The van der Waals surface area contributed by atoms with E-state index in [1.54, 1.807) is 35.9 Å². The lowest BCUT2D eigenvalue weighted by Crippen LogP contribution is -2.65. The van der Waals surface area contributed by atoms with Gasteiger partial charge in [0.05, 0.1) is 0 Å². The SMILES string of the molecule is CC(=O)N[C@H]1[C@@H](OC(C)=O)[C@H](OC(C)=O)[C@H](COC(C)=O)O[C@@H]1Sc1nnc(COc2ccc(Cl)cc2)n1C. The maximum Gasteiger partial charge on any atom is 0.303 e. The molecule has 2 aromatic rings. The number of halogens is 1. The first-order valence-corrected chi connectivity index (χ1v) is 13.0. The average Bonchev–Trinajstić information content (AvgIpc) is 3.19. The molecular weight excluding hydrogens is 556 g/mol. The normalized spacial score (nSPS) is 22.5. The number of rotatable bonds is 10. The number of amides is 1. The summed E-state index contributed by atoms with van der Waals surface area (Å²) in [7, 11) is 1.72. The van der Waals surface area contributed by atoms with Gasteiger partial charge in [-0.2, -0.15) is 0 Å². The molecule has 0 unspecified atom stereocenters. The Balaban J connectivity index is 1.88. The Labute approximate surface area is 233 Å². The Hall–Kier alpha value is -3.36. The van der Waals surface area contributed by atoms with Crippen LogP contribution in [0.5, 0.6) is 5.75 Å². The van der Waals surface area contributed by atoms with Gasteiger partial charge in [0.2, 0.25) is 5.91 Å². The Morgan fingerprint density at radius 3 is 2.23 bits per heavy atom. The average molecular weight is 585 g/mol. The highest BCUT2D eigenvalue weighted by Crippen LogP contribution is 2.35. The Kier molecular flexibility index (Phi) is 10.5. The number of thioether (sulfide) groups is 1. The van der Waals surface area contributed by atoms with Gasteiger partial charge in [-0.15, -0.1) is 10.2 Å². The van der Waals surface area contributed by atoms with Gasteiger partial charge >= 0.3 is 17.9 Å². The van der Waals surface area contributed by atoms with Crippen LogP contribution in [0.1, 0.15) is 33.5 Å². The standard InChI is InChI=1S/C24H29ClN4O9S/c1-12(30)26-20-22(37-15(4)33)21(36-14(3)32)18(10-34-13(2)31)38-23(20)39-24-28-27-19(29(24)5)11-35-17-8-6-16(25)7-9-17/h6-9,18,20-23H,10-11H2,1-5H3,(H,26,30)/t18-,20-,21+,22+,23+/m0/s1. The number of carbonyl (C=O) groups is 4. The topological polar surface area (TPSA) is 157 Å². The molecule has 1 aliphatic heterocycles. The molecule has 0 aliphatic carbocycles. The van der Waals surface area contributed by atoms with Crippen molar-refractivity contribution in [1.29, 1.82) is 0 Å². The summed E-state index contributed by atoms with van der Waals surface area (Å²) in [6.07, 6.45) is -3.36. The summed E-state index contributed by atoms with van der Waals surface area (Å²) in [5.74, 6) is -1.31. The van der Waals surface area contributed by atoms with Crippen molar-refractivity contribution in [1.82, 2.24) is 20.1 Å². The van der Waals surface area contributed by atoms with Crippen LogP contribution in [0.15, 0.2) is 29.4 Å². The van der Waals surface area contributed by atoms with Crippen LogP contribution in [0.4, 0.5) is 0 Å². The van der Waals surface area contributed by atoms with Crippen molar-refractivity contribution in [2.75, 3.05) is 6.61 Å². The zero-order valence-electron chi connectivity index (χ0n) is 21.9. The highest BCUT2D eigenvalue weighted by Gasteiger charge is 2.51. The second-order valence-electron chi connectivity index (χ2n) is 8.54. The lowest BCUT2D eigenvalue weighted by atomic mass is 9.97. The predicted molar refractivity (Wildman–Crippen MR) is 137 cm³/mol. The molecule has 5 atom stereocenters. The largest absolute Gasteiger partial charge is 0.486 e. The van der Waals surface area contributed by atoms with E-state index in [9.17, 15) is 19.2 Å². The summed E-state index contributed by atoms with van der Waals surface area (Å²) in [6.45, 7) is 4.67. The molecule has 13 nitrogen and oxygen atoms in total. The number of carbonyl (C=O) groups excluding carboxylic acids is 4. The monoisotopic (exact) mass is 584 g/mol. The second-order valence-corrected chi connectivity index (χ2v) is 10.0. The molecule has 15 heteroatoms. The van der Waals surface area contributed by atoms with E-state index in [1.807, 2.05) is 0 Å². The fraction of sp³-hybridized carbons (Fsp3) is 0.500. The minimum atomic E-state index is -1.18. The Morgan fingerprint density at radius 2 is 1.64 bits per heavy atom. The molecule has 1 fully saturated rings.